The molecule has 3 aromatic rings. The van der Waals surface area contributed by atoms with E-state index in [1.54, 1.807) is 25.3 Å². The smallest absolute Gasteiger partial charge is 0.273 e. The molecule has 0 spiro atoms. The molecule has 0 unspecified atom stereocenters. The van der Waals surface area contributed by atoms with Crippen LogP contribution in [-0.4, -0.2) is 50.8 Å². The Hall–Kier alpha value is -4.08. The number of nitrogens with one attached hydrogen (secondary N) is 3. The van der Waals surface area contributed by atoms with Gasteiger partial charge in [-0.2, -0.15) is 0 Å². The van der Waals surface area contributed by atoms with Crippen molar-refractivity contribution in [3.8, 4) is 5.69 Å². The van der Waals surface area contributed by atoms with E-state index in [0.717, 1.165) is 18.4 Å². The lowest BCUT2D eigenvalue weighted by Crippen LogP contribution is -2.32. The molecule has 10 nitrogen and oxygen atoms in total. The van der Waals surface area contributed by atoms with Gasteiger partial charge in [0.25, 0.3) is 17.7 Å². The Bertz CT molecular complexity index is 1430. The Balaban J connectivity index is 1.54. The number of carbonyl (C=O) groups excluding carboxylic acids is 3. The van der Waals surface area contributed by atoms with Gasteiger partial charge in [0, 0.05) is 24.2 Å². The van der Waals surface area contributed by atoms with Crippen molar-refractivity contribution in [2.75, 3.05) is 18.4 Å². The molecular formula is C30H39N7O3. The molecule has 3 amide bonds. The summed E-state index contributed by atoms with van der Waals surface area (Å²) < 4.78 is 1.46. The Kier molecular flexibility index (Phi) is 8.09. The normalized spacial score (nSPS) is 13.6. The minimum Gasteiger partial charge on any atom is -0.352 e. The van der Waals surface area contributed by atoms with Gasteiger partial charge in [-0.25, -0.2) is 4.68 Å². The van der Waals surface area contributed by atoms with Crippen molar-refractivity contribution in [1.29, 1.82) is 0 Å². The second kappa shape index (κ2) is 11.2. The van der Waals surface area contributed by atoms with Gasteiger partial charge in [0.1, 0.15) is 0 Å². The van der Waals surface area contributed by atoms with Gasteiger partial charge < -0.3 is 16.0 Å². The maximum Gasteiger partial charge on any atom is 0.273 e. The molecule has 1 aliphatic rings. The van der Waals surface area contributed by atoms with E-state index < -0.39 is 0 Å². The van der Waals surface area contributed by atoms with Gasteiger partial charge >= 0.3 is 0 Å². The molecule has 0 aliphatic heterocycles. The van der Waals surface area contributed by atoms with Crippen molar-refractivity contribution < 1.29 is 14.4 Å². The van der Waals surface area contributed by atoms with E-state index in [-0.39, 0.29) is 34.2 Å². The molecule has 10 heteroatoms. The van der Waals surface area contributed by atoms with E-state index >= 15 is 0 Å². The number of hydrogen-bond acceptors (Lipinski definition) is 6. The molecule has 1 fully saturated rings. The van der Waals surface area contributed by atoms with Crippen molar-refractivity contribution in [2.24, 2.45) is 11.3 Å². The van der Waals surface area contributed by atoms with Crippen LogP contribution in [0.25, 0.3) is 5.69 Å². The summed E-state index contributed by atoms with van der Waals surface area (Å²) in [7, 11) is 0. The lowest BCUT2D eigenvalue weighted by atomic mass is 9.85. The number of benzene rings is 1. The average molecular weight is 546 g/mol. The first-order chi connectivity index (χ1) is 18.7. The van der Waals surface area contributed by atoms with Crippen LogP contribution in [-0.2, 0) is 5.41 Å². The second-order valence-corrected chi connectivity index (χ2v) is 12.8. The highest BCUT2D eigenvalue weighted by atomic mass is 16.2. The van der Waals surface area contributed by atoms with Gasteiger partial charge in [0.05, 0.1) is 29.5 Å². The molecule has 1 saturated carbocycles. The summed E-state index contributed by atoms with van der Waals surface area (Å²) in [6.45, 7) is 15.2. The third-order valence-corrected chi connectivity index (χ3v) is 6.64. The van der Waals surface area contributed by atoms with Crippen LogP contribution in [0.5, 0.6) is 0 Å². The molecule has 212 valence electrons. The highest BCUT2D eigenvalue weighted by Gasteiger charge is 2.24. The zero-order valence-corrected chi connectivity index (χ0v) is 24.4. The van der Waals surface area contributed by atoms with E-state index in [2.05, 4.69) is 31.2 Å². The first-order valence-corrected chi connectivity index (χ1v) is 13.6. The van der Waals surface area contributed by atoms with Crippen molar-refractivity contribution in [2.45, 2.75) is 66.7 Å². The summed E-state index contributed by atoms with van der Waals surface area (Å²) >= 11 is 0. The minimum atomic E-state index is -0.361. The number of aromatic nitrogens is 4. The number of anilines is 1. The van der Waals surface area contributed by atoms with Crippen molar-refractivity contribution in [3.05, 3.63) is 64.7 Å². The van der Waals surface area contributed by atoms with E-state index in [4.69, 9.17) is 0 Å². The molecule has 0 atom stereocenters. The number of aryl methyl sites for hydroxylation is 1. The Labute approximate surface area is 235 Å². The summed E-state index contributed by atoms with van der Waals surface area (Å²) in [5, 5.41) is 16.9. The van der Waals surface area contributed by atoms with Gasteiger partial charge in [-0.15, -0.1) is 5.10 Å². The maximum atomic E-state index is 13.4. The van der Waals surface area contributed by atoms with Crippen LogP contribution < -0.4 is 16.0 Å². The molecule has 0 bridgehead atoms. The fourth-order valence-corrected chi connectivity index (χ4v) is 3.93. The lowest BCUT2D eigenvalue weighted by molar-refractivity contribution is 0.0931. The maximum absolute atomic E-state index is 13.4. The monoisotopic (exact) mass is 545 g/mol. The van der Waals surface area contributed by atoms with Crippen molar-refractivity contribution in [3.63, 3.8) is 0 Å². The standard InChI is InChI=1S/C30H39N7O3/c1-18-25(37-16-24(35-36-37)28(40)33-17-29(2,3)4)13-23(15-31-18)34-27(39)21-10-20(11-22(12-21)30(5,6)7)26(38)32-14-19-8-9-19/h10-13,15-16,19H,8-9,14,17H2,1-7H3,(H,32,38)(H,33,40)(H,34,39). The number of nitrogens with zero attached hydrogens (tertiary/aromatic N) is 4. The summed E-state index contributed by atoms with van der Waals surface area (Å²) in [5.41, 5.74) is 3.25. The third-order valence-electron chi connectivity index (χ3n) is 6.64. The van der Waals surface area contributed by atoms with Crippen molar-refractivity contribution in [1.82, 2.24) is 30.6 Å². The molecule has 40 heavy (non-hydrogen) atoms. The lowest BCUT2D eigenvalue weighted by Gasteiger charge is -2.21. The van der Waals surface area contributed by atoms with Gasteiger partial charge in [-0.3, -0.25) is 19.4 Å². The average Bonchev–Trinajstić information content (AvgIpc) is 3.59. The Morgan fingerprint density at radius 1 is 0.925 bits per heavy atom. The van der Waals surface area contributed by atoms with Crippen molar-refractivity contribution >= 4 is 23.4 Å². The van der Waals surface area contributed by atoms with Gasteiger partial charge in [0.15, 0.2) is 5.69 Å². The molecular weight excluding hydrogens is 506 g/mol. The van der Waals surface area contributed by atoms with E-state index in [1.165, 1.54) is 10.9 Å². The summed E-state index contributed by atoms with van der Waals surface area (Å²) in [5.74, 6) is -0.300. The molecule has 1 aromatic carbocycles. The Morgan fingerprint density at radius 3 is 2.23 bits per heavy atom. The quantitative estimate of drug-likeness (QED) is 0.384. The van der Waals surface area contributed by atoms with E-state index in [0.29, 0.717) is 47.2 Å². The van der Waals surface area contributed by atoms with Crippen LogP contribution in [0.15, 0.2) is 36.7 Å². The molecule has 2 aromatic heterocycles. The minimum absolute atomic E-state index is 0.0632. The summed E-state index contributed by atoms with van der Waals surface area (Å²) in [6.07, 6.45) is 5.38. The molecule has 3 N–H and O–H groups in total. The highest BCUT2D eigenvalue weighted by Crippen LogP contribution is 2.28. The van der Waals surface area contributed by atoms with Crippen LogP contribution in [0.2, 0.25) is 0 Å². The van der Waals surface area contributed by atoms with E-state index in [1.807, 2.05) is 53.7 Å². The molecule has 0 radical (unpaired) electrons. The molecule has 4 rings (SSSR count). The summed E-state index contributed by atoms with van der Waals surface area (Å²) in [4.78, 5) is 43.2. The highest BCUT2D eigenvalue weighted by molar-refractivity contribution is 6.06. The first-order valence-electron chi connectivity index (χ1n) is 13.6. The largest absolute Gasteiger partial charge is 0.352 e. The second-order valence-electron chi connectivity index (χ2n) is 12.8. The fourth-order valence-electron chi connectivity index (χ4n) is 3.93. The number of rotatable bonds is 8. The van der Waals surface area contributed by atoms with Crippen LogP contribution in [0.3, 0.4) is 0 Å². The zero-order chi connectivity index (χ0) is 29.2. The number of pyridine rings is 1. The third kappa shape index (κ3) is 7.52. The van der Waals surface area contributed by atoms with Crippen LogP contribution in [0, 0.1) is 18.3 Å². The fraction of sp³-hybridized carbons (Fsp3) is 0.467. The topological polar surface area (TPSA) is 131 Å². The van der Waals surface area contributed by atoms with Crippen LogP contribution >= 0.6 is 0 Å². The predicted octanol–water partition coefficient (Wildman–Crippen LogP) is 4.44. The van der Waals surface area contributed by atoms with Gasteiger partial charge in [-0.05, 0) is 66.3 Å². The van der Waals surface area contributed by atoms with Gasteiger partial charge in [0.2, 0.25) is 0 Å². The number of amides is 3. The SMILES string of the molecule is Cc1ncc(NC(=O)c2cc(C(=O)NCC3CC3)cc(C(C)(C)C)c2)cc1-n1cc(C(=O)NCC(C)(C)C)nn1. The molecule has 1 aliphatic carbocycles. The Morgan fingerprint density at radius 2 is 1.60 bits per heavy atom. The molecule has 2 heterocycles. The predicted molar refractivity (Wildman–Crippen MR) is 154 cm³/mol. The zero-order valence-electron chi connectivity index (χ0n) is 24.4. The van der Waals surface area contributed by atoms with E-state index in [9.17, 15) is 14.4 Å². The molecule has 0 saturated heterocycles. The number of hydrogen-bond donors (Lipinski definition) is 3. The number of carbonyl (C=O) groups is 3. The first kappa shape index (κ1) is 28.9. The van der Waals surface area contributed by atoms with Crippen LogP contribution in [0.4, 0.5) is 5.69 Å². The summed E-state index contributed by atoms with van der Waals surface area (Å²) in [6, 6.07) is 7.01. The van der Waals surface area contributed by atoms with Crippen LogP contribution in [0.1, 0.15) is 96.8 Å². The van der Waals surface area contributed by atoms with Gasteiger partial charge in [-0.1, -0.05) is 46.8 Å².